The van der Waals surface area contributed by atoms with Crippen LogP contribution >= 0.6 is 0 Å². The summed E-state index contributed by atoms with van der Waals surface area (Å²) in [5, 5.41) is 5.92. The van der Waals surface area contributed by atoms with Gasteiger partial charge in [-0.25, -0.2) is 9.97 Å². The fraction of sp³-hybridized carbons (Fsp3) is 0.0222. The largest absolute Gasteiger partial charge is 0.309 e. The van der Waals surface area contributed by atoms with E-state index in [-0.39, 0.29) is 0 Å². The van der Waals surface area contributed by atoms with Gasteiger partial charge >= 0.3 is 0 Å². The molecule has 11 rings (SSSR count). The molecule has 0 fully saturated rings. The number of aromatic nitrogens is 4. The van der Waals surface area contributed by atoms with Crippen LogP contribution in [-0.2, 0) is 6.42 Å². The molecule has 3 heterocycles. The van der Waals surface area contributed by atoms with Crippen LogP contribution in [0.15, 0.2) is 158 Å². The van der Waals surface area contributed by atoms with Crippen LogP contribution in [0, 0.1) is 0 Å². The highest BCUT2D eigenvalue weighted by molar-refractivity contribution is 6.28. The molecule has 0 saturated carbocycles. The molecule has 0 amide bonds. The maximum Gasteiger partial charge on any atom is 0.235 e. The lowest BCUT2D eigenvalue weighted by molar-refractivity contribution is 1.01. The van der Waals surface area contributed by atoms with E-state index in [1.165, 1.54) is 54.8 Å². The lowest BCUT2D eigenvalue weighted by Crippen LogP contribution is -2.03. The summed E-state index contributed by atoms with van der Waals surface area (Å²) in [4.78, 5) is 10.7. The Bertz CT molecular complexity index is 2970. The second-order valence-electron chi connectivity index (χ2n) is 13.0. The summed E-state index contributed by atoms with van der Waals surface area (Å²) in [6.45, 7) is 0. The monoisotopic (exact) mass is 624 g/mol. The molecule has 4 heteroatoms. The summed E-state index contributed by atoms with van der Waals surface area (Å²) in [6, 6.07) is 56.6. The van der Waals surface area contributed by atoms with E-state index >= 15 is 0 Å². The topological polar surface area (TPSA) is 35.6 Å². The number of rotatable bonds is 3. The molecule has 3 aromatic heterocycles. The van der Waals surface area contributed by atoms with Gasteiger partial charge in [-0.1, -0.05) is 109 Å². The summed E-state index contributed by atoms with van der Waals surface area (Å²) in [5.41, 5.74) is 14.0. The van der Waals surface area contributed by atoms with E-state index in [1.54, 1.807) is 0 Å². The van der Waals surface area contributed by atoms with Gasteiger partial charge in [-0.2, -0.15) is 0 Å². The Hall–Kier alpha value is -6.52. The summed E-state index contributed by atoms with van der Waals surface area (Å²) >= 11 is 0. The van der Waals surface area contributed by atoms with Gasteiger partial charge in [0.05, 0.1) is 33.3 Å². The van der Waals surface area contributed by atoms with Crippen molar-refractivity contribution in [3.63, 3.8) is 0 Å². The first-order valence-corrected chi connectivity index (χ1v) is 16.8. The van der Waals surface area contributed by atoms with Crippen LogP contribution in [0.25, 0.3) is 88.5 Å². The van der Waals surface area contributed by atoms with E-state index in [0.29, 0.717) is 5.95 Å². The molecule has 0 saturated heterocycles. The van der Waals surface area contributed by atoms with E-state index in [1.807, 2.05) is 0 Å². The number of hydrogen-bond acceptors (Lipinski definition) is 2. The van der Waals surface area contributed by atoms with E-state index in [4.69, 9.17) is 9.97 Å². The van der Waals surface area contributed by atoms with Gasteiger partial charge in [-0.3, -0.25) is 4.57 Å². The molecule has 4 nitrogen and oxygen atoms in total. The lowest BCUT2D eigenvalue weighted by Gasteiger charge is -2.13. The SMILES string of the molecule is c1ccc(-n2c3ccccc3c3c4c5ccccc5n(-c5nc(-c6ccc7c(c6)-c6ccccc6C7)c6ccccc6n5)c4ccc32)cc1. The van der Waals surface area contributed by atoms with Crippen molar-refractivity contribution < 1.29 is 0 Å². The number of fused-ring (bicyclic) bond motifs is 11. The Balaban J connectivity index is 1.22. The number of hydrogen-bond donors (Lipinski definition) is 0. The standard InChI is InChI=1S/C45H28N4/c1-2-13-31(14-3-1)48-38-20-10-7-17-34(38)42-40(48)24-25-41-43(42)35-18-8-11-21-39(35)49(41)45-46-37-19-9-6-16-33(37)44(47-45)30-23-22-29-26-28-12-4-5-15-32(28)36(29)27-30/h1-25,27H,26H2. The molecule has 7 aromatic carbocycles. The third-order valence-corrected chi connectivity index (χ3v) is 10.3. The normalized spacial score (nSPS) is 12.4. The first-order valence-electron chi connectivity index (χ1n) is 16.8. The summed E-state index contributed by atoms with van der Waals surface area (Å²) in [5.74, 6) is 0.673. The molecule has 10 aromatic rings. The van der Waals surface area contributed by atoms with E-state index in [0.717, 1.165) is 45.3 Å². The van der Waals surface area contributed by atoms with Crippen molar-refractivity contribution in [1.29, 1.82) is 0 Å². The molecule has 0 atom stereocenters. The molecule has 0 aliphatic heterocycles. The summed E-state index contributed by atoms with van der Waals surface area (Å²) < 4.78 is 4.64. The molecule has 0 N–H and O–H groups in total. The summed E-state index contributed by atoms with van der Waals surface area (Å²) in [7, 11) is 0. The van der Waals surface area contributed by atoms with Gasteiger partial charge in [0.1, 0.15) is 0 Å². The van der Waals surface area contributed by atoms with Crippen molar-refractivity contribution in [2.24, 2.45) is 0 Å². The maximum absolute atomic E-state index is 5.44. The van der Waals surface area contributed by atoms with E-state index in [9.17, 15) is 0 Å². The van der Waals surface area contributed by atoms with Crippen molar-refractivity contribution in [2.45, 2.75) is 6.42 Å². The van der Waals surface area contributed by atoms with Crippen molar-refractivity contribution in [3.05, 3.63) is 169 Å². The highest BCUT2D eigenvalue weighted by Crippen LogP contribution is 2.43. The van der Waals surface area contributed by atoms with Gasteiger partial charge in [0.25, 0.3) is 0 Å². The fourth-order valence-corrected chi connectivity index (χ4v) is 8.24. The fourth-order valence-electron chi connectivity index (χ4n) is 8.24. The van der Waals surface area contributed by atoms with Gasteiger partial charge in [0.15, 0.2) is 0 Å². The van der Waals surface area contributed by atoms with Gasteiger partial charge in [-0.15, -0.1) is 0 Å². The zero-order valence-electron chi connectivity index (χ0n) is 26.5. The second-order valence-corrected chi connectivity index (χ2v) is 13.0. The Morgan fingerprint density at radius 3 is 1.84 bits per heavy atom. The third-order valence-electron chi connectivity index (χ3n) is 10.3. The minimum absolute atomic E-state index is 0.673. The Morgan fingerprint density at radius 2 is 1.04 bits per heavy atom. The lowest BCUT2D eigenvalue weighted by atomic mass is 9.99. The van der Waals surface area contributed by atoms with Crippen molar-refractivity contribution in [2.75, 3.05) is 0 Å². The average Bonchev–Trinajstić information content (AvgIpc) is 3.82. The number of para-hydroxylation sites is 4. The molecule has 49 heavy (non-hydrogen) atoms. The molecule has 0 bridgehead atoms. The number of benzene rings is 7. The Kier molecular flexibility index (Phi) is 5.41. The van der Waals surface area contributed by atoms with Crippen LogP contribution in [-0.4, -0.2) is 19.1 Å². The average molecular weight is 625 g/mol. The predicted molar refractivity (Wildman–Crippen MR) is 202 cm³/mol. The van der Waals surface area contributed by atoms with Crippen LogP contribution in [0.5, 0.6) is 0 Å². The number of nitrogens with zero attached hydrogens (tertiary/aromatic N) is 4. The molecular weight excluding hydrogens is 597 g/mol. The van der Waals surface area contributed by atoms with Crippen LogP contribution in [0.2, 0.25) is 0 Å². The third kappa shape index (κ3) is 3.74. The molecule has 1 aliphatic rings. The highest BCUT2D eigenvalue weighted by atomic mass is 15.2. The van der Waals surface area contributed by atoms with E-state index in [2.05, 4.69) is 167 Å². The molecule has 1 aliphatic carbocycles. The summed E-state index contributed by atoms with van der Waals surface area (Å²) in [6.07, 6.45) is 0.970. The Morgan fingerprint density at radius 1 is 0.429 bits per heavy atom. The van der Waals surface area contributed by atoms with Crippen molar-refractivity contribution in [1.82, 2.24) is 19.1 Å². The van der Waals surface area contributed by atoms with Crippen LogP contribution in [0.1, 0.15) is 11.1 Å². The zero-order chi connectivity index (χ0) is 32.1. The Labute approximate surface area is 282 Å². The van der Waals surface area contributed by atoms with E-state index < -0.39 is 0 Å². The zero-order valence-corrected chi connectivity index (χ0v) is 26.5. The van der Waals surface area contributed by atoms with Crippen LogP contribution < -0.4 is 0 Å². The quantitative estimate of drug-likeness (QED) is 0.196. The van der Waals surface area contributed by atoms with Crippen LogP contribution in [0.4, 0.5) is 0 Å². The van der Waals surface area contributed by atoms with Gasteiger partial charge in [-0.05, 0) is 77.2 Å². The predicted octanol–water partition coefficient (Wildman–Crippen LogP) is 11.1. The van der Waals surface area contributed by atoms with Crippen LogP contribution in [0.3, 0.4) is 0 Å². The van der Waals surface area contributed by atoms with Gasteiger partial charge < -0.3 is 4.57 Å². The van der Waals surface area contributed by atoms with Gasteiger partial charge in [0, 0.05) is 38.2 Å². The molecular formula is C45H28N4. The molecule has 0 radical (unpaired) electrons. The van der Waals surface area contributed by atoms with Gasteiger partial charge in [0.2, 0.25) is 5.95 Å². The first kappa shape index (κ1) is 26.5. The molecule has 228 valence electrons. The minimum Gasteiger partial charge on any atom is -0.309 e. The van der Waals surface area contributed by atoms with Crippen molar-refractivity contribution in [3.8, 4) is 34.0 Å². The smallest absolute Gasteiger partial charge is 0.235 e. The molecule has 0 spiro atoms. The van der Waals surface area contributed by atoms with Crippen molar-refractivity contribution >= 4 is 54.5 Å². The highest BCUT2D eigenvalue weighted by Gasteiger charge is 2.23. The maximum atomic E-state index is 5.44. The second kappa shape index (κ2) is 9.99. The first-order chi connectivity index (χ1) is 24.3. The molecule has 0 unspecified atom stereocenters. The minimum atomic E-state index is 0.673.